The molecule has 0 saturated carbocycles. The molecule has 0 aliphatic rings. The first-order valence-electron chi connectivity index (χ1n) is 4.29. The fourth-order valence-corrected chi connectivity index (χ4v) is 1.16. The van der Waals surface area contributed by atoms with Crippen LogP contribution in [0.5, 0.6) is 0 Å². The van der Waals surface area contributed by atoms with Crippen molar-refractivity contribution >= 4 is 11.9 Å². The molecule has 0 aromatic rings. The monoisotopic (exact) mass is 205 g/mol. The van der Waals surface area contributed by atoms with E-state index in [2.05, 4.69) is 0 Å². The molecule has 6 nitrogen and oxygen atoms in total. The Morgan fingerprint density at radius 3 is 1.86 bits per heavy atom. The van der Waals surface area contributed by atoms with Crippen LogP contribution >= 0.6 is 0 Å². The number of aliphatic carboxylic acids is 2. The smallest absolute Gasteiger partial charge is 0.317 e. The number of aliphatic hydroxyl groups is 1. The number of carbonyl (C=O) groups is 2. The van der Waals surface area contributed by atoms with Gasteiger partial charge in [-0.15, -0.1) is 0 Å². The van der Waals surface area contributed by atoms with Crippen molar-refractivity contribution in [3.8, 4) is 0 Å². The molecule has 0 aliphatic heterocycles. The Morgan fingerprint density at radius 2 is 1.64 bits per heavy atom. The SMILES string of the molecule is CCC(CO)N(CC(=O)O)CC(=O)O. The summed E-state index contributed by atoms with van der Waals surface area (Å²) >= 11 is 0. The molecular formula is C8H15NO5. The molecule has 0 spiro atoms. The van der Waals surface area contributed by atoms with Gasteiger partial charge in [0.25, 0.3) is 0 Å². The molecule has 0 amide bonds. The molecular weight excluding hydrogens is 190 g/mol. The second kappa shape index (κ2) is 6.33. The van der Waals surface area contributed by atoms with Gasteiger partial charge in [0, 0.05) is 6.04 Å². The maximum absolute atomic E-state index is 10.4. The summed E-state index contributed by atoms with van der Waals surface area (Å²) in [7, 11) is 0. The maximum Gasteiger partial charge on any atom is 0.317 e. The molecule has 0 aromatic carbocycles. The zero-order valence-corrected chi connectivity index (χ0v) is 8.01. The minimum atomic E-state index is -1.10. The number of aliphatic hydroxyl groups excluding tert-OH is 1. The Balaban J connectivity index is 4.35. The third-order valence-corrected chi connectivity index (χ3v) is 1.88. The number of rotatable bonds is 7. The van der Waals surface area contributed by atoms with E-state index in [4.69, 9.17) is 15.3 Å². The molecule has 0 saturated heterocycles. The minimum Gasteiger partial charge on any atom is -0.480 e. The molecule has 0 bridgehead atoms. The van der Waals surface area contributed by atoms with Gasteiger partial charge in [-0.05, 0) is 6.42 Å². The van der Waals surface area contributed by atoms with Crippen LogP contribution in [0.4, 0.5) is 0 Å². The van der Waals surface area contributed by atoms with Crippen molar-refractivity contribution in [3.63, 3.8) is 0 Å². The van der Waals surface area contributed by atoms with E-state index in [1.54, 1.807) is 6.92 Å². The molecule has 3 N–H and O–H groups in total. The minimum absolute atomic E-state index is 0.239. The van der Waals surface area contributed by atoms with Gasteiger partial charge >= 0.3 is 11.9 Å². The highest BCUT2D eigenvalue weighted by molar-refractivity contribution is 5.72. The predicted octanol–water partition coefficient (Wildman–Crippen LogP) is -0.771. The van der Waals surface area contributed by atoms with E-state index in [1.807, 2.05) is 0 Å². The lowest BCUT2D eigenvalue weighted by atomic mass is 10.2. The van der Waals surface area contributed by atoms with Crippen LogP contribution in [0.2, 0.25) is 0 Å². The third-order valence-electron chi connectivity index (χ3n) is 1.88. The second-order valence-corrected chi connectivity index (χ2v) is 2.94. The van der Waals surface area contributed by atoms with E-state index < -0.39 is 18.0 Å². The number of carboxylic acids is 2. The van der Waals surface area contributed by atoms with Gasteiger partial charge in [0.05, 0.1) is 19.7 Å². The van der Waals surface area contributed by atoms with Crippen LogP contribution in [-0.2, 0) is 9.59 Å². The van der Waals surface area contributed by atoms with Crippen molar-refractivity contribution in [1.82, 2.24) is 4.90 Å². The summed E-state index contributed by atoms with van der Waals surface area (Å²) in [4.78, 5) is 22.0. The van der Waals surface area contributed by atoms with Gasteiger partial charge in [-0.2, -0.15) is 0 Å². The summed E-state index contributed by atoms with van der Waals surface area (Å²) in [5.74, 6) is -2.20. The fourth-order valence-electron chi connectivity index (χ4n) is 1.16. The fraction of sp³-hybridized carbons (Fsp3) is 0.750. The van der Waals surface area contributed by atoms with Crippen molar-refractivity contribution in [1.29, 1.82) is 0 Å². The Bertz CT molecular complexity index is 186. The van der Waals surface area contributed by atoms with Crippen molar-refractivity contribution in [2.75, 3.05) is 19.7 Å². The van der Waals surface area contributed by atoms with Crippen LogP contribution in [0.1, 0.15) is 13.3 Å². The van der Waals surface area contributed by atoms with Crippen LogP contribution in [-0.4, -0.2) is 57.9 Å². The van der Waals surface area contributed by atoms with Crippen LogP contribution in [0.3, 0.4) is 0 Å². The van der Waals surface area contributed by atoms with Crippen molar-refractivity contribution < 1.29 is 24.9 Å². The van der Waals surface area contributed by atoms with Crippen LogP contribution in [0, 0.1) is 0 Å². The summed E-state index contributed by atoms with van der Waals surface area (Å²) in [6, 6.07) is -0.415. The van der Waals surface area contributed by atoms with E-state index in [0.717, 1.165) is 0 Å². The zero-order chi connectivity index (χ0) is 11.1. The molecule has 14 heavy (non-hydrogen) atoms. The Morgan fingerprint density at radius 1 is 1.21 bits per heavy atom. The average Bonchev–Trinajstić information content (AvgIpc) is 2.03. The molecule has 0 heterocycles. The molecule has 0 radical (unpaired) electrons. The van der Waals surface area contributed by atoms with Gasteiger partial charge in [-0.3, -0.25) is 14.5 Å². The van der Waals surface area contributed by atoms with Gasteiger partial charge in [0.15, 0.2) is 0 Å². The van der Waals surface area contributed by atoms with Crippen LogP contribution < -0.4 is 0 Å². The Kier molecular flexibility index (Phi) is 5.82. The molecule has 82 valence electrons. The van der Waals surface area contributed by atoms with Gasteiger partial charge in [0.2, 0.25) is 0 Å². The predicted molar refractivity (Wildman–Crippen MR) is 48.0 cm³/mol. The summed E-state index contributed by atoms with van der Waals surface area (Å²) in [6.45, 7) is 0.783. The maximum atomic E-state index is 10.4. The molecule has 1 unspecified atom stereocenters. The Hall–Kier alpha value is -1.14. The summed E-state index contributed by atoms with van der Waals surface area (Å²) in [6.07, 6.45) is 0.511. The number of hydrogen-bond donors (Lipinski definition) is 3. The van der Waals surface area contributed by atoms with Crippen LogP contribution in [0.25, 0.3) is 0 Å². The van der Waals surface area contributed by atoms with Gasteiger partial charge in [0.1, 0.15) is 0 Å². The average molecular weight is 205 g/mol. The quantitative estimate of drug-likeness (QED) is 0.504. The van der Waals surface area contributed by atoms with Crippen molar-refractivity contribution in [2.24, 2.45) is 0 Å². The van der Waals surface area contributed by atoms with E-state index in [0.29, 0.717) is 6.42 Å². The molecule has 0 rings (SSSR count). The first-order chi connectivity index (χ1) is 6.51. The number of carboxylic acid groups (broad SMARTS) is 2. The molecule has 0 fully saturated rings. The van der Waals surface area contributed by atoms with Crippen molar-refractivity contribution in [2.45, 2.75) is 19.4 Å². The van der Waals surface area contributed by atoms with Crippen LogP contribution in [0.15, 0.2) is 0 Å². The van der Waals surface area contributed by atoms with Gasteiger partial charge in [-0.25, -0.2) is 0 Å². The third kappa shape index (κ3) is 4.78. The van der Waals surface area contributed by atoms with E-state index in [9.17, 15) is 9.59 Å². The number of hydrogen-bond acceptors (Lipinski definition) is 4. The van der Waals surface area contributed by atoms with E-state index in [1.165, 1.54) is 4.90 Å². The summed E-state index contributed by atoms with van der Waals surface area (Å²) < 4.78 is 0. The highest BCUT2D eigenvalue weighted by Gasteiger charge is 2.20. The molecule has 6 heteroatoms. The summed E-state index contributed by atoms with van der Waals surface area (Å²) in [5, 5.41) is 25.9. The lowest BCUT2D eigenvalue weighted by Crippen LogP contribution is -2.43. The lowest BCUT2D eigenvalue weighted by molar-refractivity contribution is -0.143. The highest BCUT2D eigenvalue weighted by atomic mass is 16.4. The van der Waals surface area contributed by atoms with Crippen molar-refractivity contribution in [3.05, 3.63) is 0 Å². The topological polar surface area (TPSA) is 98.1 Å². The number of nitrogens with zero attached hydrogens (tertiary/aromatic N) is 1. The second-order valence-electron chi connectivity index (χ2n) is 2.94. The van der Waals surface area contributed by atoms with Gasteiger partial charge in [-0.1, -0.05) is 6.92 Å². The van der Waals surface area contributed by atoms with E-state index in [-0.39, 0.29) is 19.7 Å². The zero-order valence-electron chi connectivity index (χ0n) is 8.01. The Labute approximate surface area is 81.8 Å². The molecule has 0 aliphatic carbocycles. The molecule has 1 atom stereocenters. The summed E-state index contributed by atoms with van der Waals surface area (Å²) in [5.41, 5.74) is 0. The van der Waals surface area contributed by atoms with E-state index >= 15 is 0 Å². The standard InChI is InChI=1S/C8H15NO5/c1-2-6(5-10)9(3-7(11)12)4-8(13)14/h6,10H,2-5H2,1H3,(H,11,12)(H,13,14). The largest absolute Gasteiger partial charge is 0.480 e. The first-order valence-corrected chi connectivity index (χ1v) is 4.29. The normalized spacial score (nSPS) is 12.8. The molecule has 0 aromatic heterocycles. The first kappa shape index (κ1) is 12.9. The van der Waals surface area contributed by atoms with Gasteiger partial charge < -0.3 is 15.3 Å². The lowest BCUT2D eigenvalue weighted by Gasteiger charge is -2.26. The highest BCUT2D eigenvalue weighted by Crippen LogP contribution is 2.02.